The van der Waals surface area contributed by atoms with Crippen LogP contribution in [0.25, 0.3) is 11.1 Å². The molecule has 0 fully saturated rings. The van der Waals surface area contributed by atoms with E-state index < -0.39 is 0 Å². The zero-order chi connectivity index (χ0) is 11.7. The number of amides is 1. The van der Waals surface area contributed by atoms with Gasteiger partial charge in [0.05, 0.1) is 5.33 Å². The molecule has 0 aliphatic heterocycles. The first-order valence-electron chi connectivity index (χ1n) is 4.81. The lowest BCUT2D eigenvalue weighted by Gasteiger charge is -2.15. The topological polar surface area (TPSA) is 46.3 Å². The standard InChI is InChI=1S/C11H11BrN2O2/c1-7-13-9-4-3-8(5-10(9)16-7)14(2)11(15)6-12/h3-5H,6H2,1-2H3. The van der Waals surface area contributed by atoms with Crippen molar-refractivity contribution >= 4 is 38.6 Å². The van der Waals surface area contributed by atoms with Crippen molar-refractivity contribution in [2.75, 3.05) is 17.3 Å². The number of halogens is 1. The maximum absolute atomic E-state index is 11.5. The molecule has 0 aliphatic rings. The van der Waals surface area contributed by atoms with E-state index in [4.69, 9.17) is 4.42 Å². The fourth-order valence-corrected chi connectivity index (χ4v) is 1.85. The second-order valence-electron chi connectivity index (χ2n) is 3.47. The van der Waals surface area contributed by atoms with Gasteiger partial charge in [0.2, 0.25) is 5.91 Å². The van der Waals surface area contributed by atoms with Gasteiger partial charge in [-0.15, -0.1) is 0 Å². The van der Waals surface area contributed by atoms with Gasteiger partial charge in [0, 0.05) is 25.7 Å². The first-order valence-corrected chi connectivity index (χ1v) is 5.93. The third-order valence-corrected chi connectivity index (χ3v) is 2.83. The van der Waals surface area contributed by atoms with E-state index in [1.807, 2.05) is 18.2 Å². The number of aromatic nitrogens is 1. The number of carbonyl (C=O) groups is 1. The van der Waals surface area contributed by atoms with Gasteiger partial charge in [-0.2, -0.15) is 0 Å². The Kier molecular flexibility index (Phi) is 2.96. The summed E-state index contributed by atoms with van der Waals surface area (Å²) in [6.45, 7) is 1.80. The molecule has 84 valence electrons. The Balaban J connectivity index is 2.42. The monoisotopic (exact) mass is 282 g/mol. The summed E-state index contributed by atoms with van der Waals surface area (Å²) in [6, 6.07) is 5.51. The van der Waals surface area contributed by atoms with Crippen LogP contribution in [-0.4, -0.2) is 23.3 Å². The van der Waals surface area contributed by atoms with Gasteiger partial charge in [0.25, 0.3) is 0 Å². The maximum atomic E-state index is 11.5. The van der Waals surface area contributed by atoms with Crippen LogP contribution in [0.15, 0.2) is 22.6 Å². The van der Waals surface area contributed by atoms with Crippen molar-refractivity contribution in [3.63, 3.8) is 0 Å². The third kappa shape index (κ3) is 1.95. The number of aryl methyl sites for hydroxylation is 1. The van der Waals surface area contributed by atoms with Crippen molar-refractivity contribution in [1.82, 2.24) is 4.98 Å². The number of benzene rings is 1. The van der Waals surface area contributed by atoms with Crippen LogP contribution >= 0.6 is 15.9 Å². The molecule has 1 aromatic carbocycles. The van der Waals surface area contributed by atoms with E-state index in [1.165, 1.54) is 0 Å². The van der Waals surface area contributed by atoms with Crippen LogP contribution in [0.3, 0.4) is 0 Å². The van der Waals surface area contributed by atoms with E-state index >= 15 is 0 Å². The van der Waals surface area contributed by atoms with Crippen molar-refractivity contribution in [3.05, 3.63) is 24.1 Å². The molecular formula is C11H11BrN2O2. The highest BCUT2D eigenvalue weighted by Gasteiger charge is 2.11. The number of fused-ring (bicyclic) bond motifs is 1. The zero-order valence-corrected chi connectivity index (χ0v) is 10.6. The van der Waals surface area contributed by atoms with Crippen LogP contribution in [0, 0.1) is 6.92 Å². The van der Waals surface area contributed by atoms with Crippen molar-refractivity contribution < 1.29 is 9.21 Å². The van der Waals surface area contributed by atoms with E-state index in [1.54, 1.807) is 18.9 Å². The molecule has 2 rings (SSSR count). The van der Waals surface area contributed by atoms with Gasteiger partial charge in [-0.25, -0.2) is 4.98 Å². The summed E-state index contributed by atoms with van der Waals surface area (Å²) in [5.74, 6) is 0.622. The first kappa shape index (κ1) is 11.1. The molecule has 0 unspecified atom stereocenters. The first-order chi connectivity index (χ1) is 7.61. The lowest BCUT2D eigenvalue weighted by Crippen LogP contribution is -2.26. The van der Waals surface area contributed by atoms with Crippen molar-refractivity contribution in [1.29, 1.82) is 0 Å². The Morgan fingerprint density at radius 2 is 2.31 bits per heavy atom. The second kappa shape index (κ2) is 4.25. The summed E-state index contributed by atoms with van der Waals surface area (Å²) in [4.78, 5) is 17.3. The summed E-state index contributed by atoms with van der Waals surface area (Å²) in [5, 5.41) is 0.303. The van der Waals surface area contributed by atoms with Gasteiger partial charge in [0.1, 0.15) is 5.52 Å². The minimum atomic E-state index is -0.00409. The Morgan fingerprint density at radius 3 is 3.00 bits per heavy atom. The number of hydrogen-bond donors (Lipinski definition) is 0. The fourth-order valence-electron chi connectivity index (χ4n) is 1.47. The summed E-state index contributed by atoms with van der Waals surface area (Å²) in [5.41, 5.74) is 2.30. The molecule has 0 aliphatic carbocycles. The third-order valence-electron chi connectivity index (χ3n) is 2.35. The van der Waals surface area contributed by atoms with E-state index in [9.17, 15) is 4.79 Å². The quantitative estimate of drug-likeness (QED) is 0.795. The Bertz CT molecular complexity index is 536. The lowest BCUT2D eigenvalue weighted by molar-refractivity contribution is -0.115. The molecule has 0 radical (unpaired) electrons. The molecule has 1 aromatic heterocycles. The van der Waals surface area contributed by atoms with Crippen molar-refractivity contribution in [3.8, 4) is 0 Å². The average molecular weight is 283 g/mol. The van der Waals surface area contributed by atoms with Gasteiger partial charge < -0.3 is 9.32 Å². The average Bonchev–Trinajstić information content (AvgIpc) is 2.65. The lowest BCUT2D eigenvalue weighted by atomic mass is 10.2. The number of rotatable bonds is 2. The van der Waals surface area contributed by atoms with Crippen LogP contribution in [0.4, 0.5) is 5.69 Å². The second-order valence-corrected chi connectivity index (χ2v) is 4.03. The molecule has 1 amide bonds. The minimum absolute atomic E-state index is 0.00409. The highest BCUT2D eigenvalue weighted by Crippen LogP contribution is 2.22. The maximum Gasteiger partial charge on any atom is 0.237 e. The highest BCUT2D eigenvalue weighted by molar-refractivity contribution is 9.09. The van der Waals surface area contributed by atoms with Gasteiger partial charge in [-0.1, -0.05) is 15.9 Å². The van der Waals surface area contributed by atoms with Crippen LogP contribution in [0.2, 0.25) is 0 Å². The molecule has 16 heavy (non-hydrogen) atoms. The molecule has 0 atom stereocenters. The van der Waals surface area contributed by atoms with E-state index in [0.29, 0.717) is 16.8 Å². The van der Waals surface area contributed by atoms with E-state index in [2.05, 4.69) is 20.9 Å². The molecule has 0 N–H and O–H groups in total. The van der Waals surface area contributed by atoms with Crippen LogP contribution in [0.1, 0.15) is 5.89 Å². The van der Waals surface area contributed by atoms with Crippen molar-refractivity contribution in [2.45, 2.75) is 6.92 Å². The van der Waals surface area contributed by atoms with Crippen LogP contribution in [-0.2, 0) is 4.79 Å². The fraction of sp³-hybridized carbons (Fsp3) is 0.273. The molecule has 4 nitrogen and oxygen atoms in total. The number of alkyl halides is 1. The normalized spacial score (nSPS) is 10.7. The van der Waals surface area contributed by atoms with Gasteiger partial charge >= 0.3 is 0 Å². The predicted octanol–water partition coefficient (Wildman–Crippen LogP) is 2.49. The van der Waals surface area contributed by atoms with E-state index in [-0.39, 0.29) is 5.91 Å². The van der Waals surface area contributed by atoms with Gasteiger partial charge in [-0.05, 0) is 12.1 Å². The number of oxazole rings is 1. The molecule has 0 saturated carbocycles. The predicted molar refractivity (Wildman–Crippen MR) is 66.0 cm³/mol. The summed E-state index contributed by atoms with van der Waals surface area (Å²) in [7, 11) is 1.73. The molecular weight excluding hydrogens is 272 g/mol. The van der Waals surface area contributed by atoms with Crippen molar-refractivity contribution in [2.24, 2.45) is 0 Å². The minimum Gasteiger partial charge on any atom is -0.441 e. The zero-order valence-electron chi connectivity index (χ0n) is 9.03. The number of carbonyl (C=O) groups excluding carboxylic acids is 1. The Labute approximate surface area is 101 Å². The molecule has 0 bridgehead atoms. The molecule has 1 heterocycles. The largest absolute Gasteiger partial charge is 0.441 e. The smallest absolute Gasteiger partial charge is 0.237 e. The molecule has 0 saturated heterocycles. The number of nitrogens with zero attached hydrogens (tertiary/aromatic N) is 2. The Morgan fingerprint density at radius 1 is 1.56 bits per heavy atom. The summed E-state index contributed by atoms with van der Waals surface area (Å²) in [6.07, 6.45) is 0. The van der Waals surface area contributed by atoms with Gasteiger partial charge in [0.15, 0.2) is 11.5 Å². The van der Waals surface area contributed by atoms with Crippen LogP contribution in [0.5, 0.6) is 0 Å². The molecule has 2 aromatic rings. The SMILES string of the molecule is Cc1nc2ccc(N(C)C(=O)CBr)cc2o1. The van der Waals surface area contributed by atoms with Crippen LogP contribution < -0.4 is 4.90 Å². The Hall–Kier alpha value is -1.36. The van der Waals surface area contributed by atoms with E-state index in [0.717, 1.165) is 11.2 Å². The van der Waals surface area contributed by atoms with Gasteiger partial charge in [-0.3, -0.25) is 4.79 Å². The summed E-state index contributed by atoms with van der Waals surface area (Å²) < 4.78 is 5.41. The number of anilines is 1. The summed E-state index contributed by atoms with van der Waals surface area (Å²) >= 11 is 3.14. The molecule has 0 spiro atoms. The number of hydrogen-bond acceptors (Lipinski definition) is 3. The highest BCUT2D eigenvalue weighted by atomic mass is 79.9. The molecule has 5 heteroatoms.